The summed E-state index contributed by atoms with van der Waals surface area (Å²) in [5.74, 6) is -0.756. The van der Waals surface area contributed by atoms with E-state index in [0.717, 1.165) is 5.56 Å². The first-order valence-electron chi connectivity index (χ1n) is 5.63. The van der Waals surface area contributed by atoms with Crippen LogP contribution in [0.2, 0.25) is 0 Å². The molecule has 0 amide bonds. The van der Waals surface area contributed by atoms with E-state index in [1.807, 2.05) is 30.3 Å². The van der Waals surface area contributed by atoms with Crippen LogP contribution in [0.15, 0.2) is 48.9 Å². The Bertz CT molecular complexity index is 600. The van der Waals surface area contributed by atoms with Gasteiger partial charge in [-0.15, -0.1) is 0 Å². The molecule has 0 atom stereocenters. The fraction of sp³-hybridized carbons (Fsp3) is 0.154. The van der Waals surface area contributed by atoms with Gasteiger partial charge in [0.25, 0.3) is 0 Å². The average molecular weight is 333 g/mol. The maximum atomic E-state index is 11.9. The largest absolute Gasteiger partial charge is 0.408 e. The Balaban J connectivity index is 2.25. The van der Waals surface area contributed by atoms with Crippen LogP contribution in [0.5, 0.6) is 0 Å². The van der Waals surface area contributed by atoms with E-state index in [2.05, 4.69) is 4.98 Å². The number of carbonyl (C=O) groups excluding carboxylic acids is 1. The summed E-state index contributed by atoms with van der Waals surface area (Å²) in [4.78, 5) is 15.8. The number of rotatable bonds is 3. The monoisotopic (exact) mass is 331 g/mol. The quantitative estimate of drug-likeness (QED) is 0.493. The highest BCUT2D eigenvalue weighted by molar-refractivity contribution is 6.66. The number of benzene rings is 1. The zero-order chi connectivity index (χ0) is 14.6. The second kappa shape index (κ2) is 6.39. The lowest BCUT2D eigenvalue weighted by molar-refractivity contribution is -0.691. The van der Waals surface area contributed by atoms with Crippen molar-refractivity contribution in [3.05, 3.63) is 60.2 Å². The molecular weight excluding hydrogens is 323 g/mol. The normalized spacial score (nSPS) is 11.2. The number of halogens is 3. The van der Waals surface area contributed by atoms with E-state index in [1.165, 1.54) is 6.20 Å². The van der Waals surface area contributed by atoms with E-state index in [-0.39, 0.29) is 5.69 Å². The second-order valence-electron chi connectivity index (χ2n) is 3.91. The minimum Gasteiger partial charge on any atom is -0.406 e. The van der Waals surface area contributed by atoms with Gasteiger partial charge in [0.15, 0.2) is 12.7 Å². The minimum atomic E-state index is -2.10. The van der Waals surface area contributed by atoms with Crippen molar-refractivity contribution in [3.63, 3.8) is 0 Å². The van der Waals surface area contributed by atoms with Crippen molar-refractivity contribution in [3.8, 4) is 0 Å². The number of hydrogen-bond donors (Lipinski definition) is 0. The summed E-state index contributed by atoms with van der Waals surface area (Å²) in [6, 6.07) is 9.63. The number of aromatic nitrogens is 2. The van der Waals surface area contributed by atoms with Crippen molar-refractivity contribution in [1.82, 2.24) is 4.98 Å². The predicted molar refractivity (Wildman–Crippen MR) is 75.7 cm³/mol. The van der Waals surface area contributed by atoms with Crippen molar-refractivity contribution in [1.29, 1.82) is 0 Å². The van der Waals surface area contributed by atoms with E-state index in [9.17, 15) is 4.79 Å². The van der Waals surface area contributed by atoms with Gasteiger partial charge in [0.2, 0.25) is 0 Å². The van der Waals surface area contributed by atoms with Crippen LogP contribution in [0.1, 0.15) is 16.1 Å². The highest BCUT2D eigenvalue weighted by Crippen LogP contribution is 2.28. The molecule has 0 aliphatic heterocycles. The maximum Gasteiger partial charge on any atom is 0.408 e. The summed E-state index contributed by atoms with van der Waals surface area (Å²) in [5, 5.41) is 0. The van der Waals surface area contributed by atoms with Crippen LogP contribution in [0.4, 0.5) is 0 Å². The molecule has 0 spiro atoms. The summed E-state index contributed by atoms with van der Waals surface area (Å²) in [7, 11) is 0. The molecule has 0 fully saturated rings. The van der Waals surface area contributed by atoms with E-state index in [4.69, 9.17) is 39.5 Å². The topological polar surface area (TPSA) is 43.1 Å². The molecule has 20 heavy (non-hydrogen) atoms. The number of nitrogens with zero attached hydrogens (tertiary/aromatic N) is 2. The molecule has 0 radical (unpaired) electrons. The maximum absolute atomic E-state index is 11.9. The van der Waals surface area contributed by atoms with Crippen molar-refractivity contribution in [2.75, 3.05) is 0 Å². The first-order valence-corrected chi connectivity index (χ1v) is 6.76. The molecule has 2 aromatic rings. The van der Waals surface area contributed by atoms with Crippen LogP contribution in [-0.4, -0.2) is 14.9 Å². The Labute approximate surface area is 130 Å². The Morgan fingerprint density at radius 3 is 2.60 bits per heavy atom. The van der Waals surface area contributed by atoms with Gasteiger partial charge in [-0.2, -0.15) is 4.57 Å². The molecule has 0 aliphatic rings. The van der Waals surface area contributed by atoms with Gasteiger partial charge >= 0.3 is 15.6 Å². The number of carbonyl (C=O) groups is 1. The first-order chi connectivity index (χ1) is 9.46. The third kappa shape index (κ3) is 4.34. The lowest BCUT2D eigenvalue weighted by atomic mass is 10.2. The van der Waals surface area contributed by atoms with Crippen molar-refractivity contribution in [2.24, 2.45) is 0 Å². The standard InChI is InChI=1S/C13H10Cl3N2O2/c14-13(15,16)20-12(19)11-8-17-6-7-18(11)9-10-4-2-1-3-5-10/h1-8H,9H2/q+1. The van der Waals surface area contributed by atoms with E-state index in [0.29, 0.717) is 6.54 Å². The molecule has 1 aromatic carbocycles. The van der Waals surface area contributed by atoms with Gasteiger partial charge < -0.3 is 4.74 Å². The SMILES string of the molecule is O=C(OC(Cl)(Cl)Cl)c1cncc[n+]1Cc1ccccc1. The molecular formula is C13H10Cl3N2O2+. The summed E-state index contributed by atoms with van der Waals surface area (Å²) in [6.07, 6.45) is 4.58. The zero-order valence-electron chi connectivity index (χ0n) is 10.2. The Morgan fingerprint density at radius 1 is 1.25 bits per heavy atom. The van der Waals surface area contributed by atoms with Crippen LogP contribution in [0.3, 0.4) is 0 Å². The van der Waals surface area contributed by atoms with Gasteiger partial charge in [-0.05, 0) is 34.8 Å². The molecule has 7 heteroatoms. The highest BCUT2D eigenvalue weighted by Gasteiger charge is 2.31. The molecule has 1 heterocycles. The minimum absolute atomic E-state index is 0.197. The lowest BCUT2D eigenvalue weighted by Crippen LogP contribution is -2.42. The molecule has 4 nitrogen and oxygen atoms in total. The molecule has 0 N–H and O–H groups in total. The van der Waals surface area contributed by atoms with Crippen LogP contribution < -0.4 is 4.57 Å². The fourth-order valence-electron chi connectivity index (χ4n) is 1.63. The Morgan fingerprint density at radius 2 is 1.95 bits per heavy atom. The van der Waals surface area contributed by atoms with E-state index >= 15 is 0 Å². The third-order valence-electron chi connectivity index (χ3n) is 2.45. The molecule has 0 saturated carbocycles. The number of hydrogen-bond acceptors (Lipinski definition) is 3. The zero-order valence-corrected chi connectivity index (χ0v) is 12.4. The van der Waals surface area contributed by atoms with Gasteiger partial charge in [-0.25, -0.2) is 4.79 Å². The molecule has 104 valence electrons. The third-order valence-corrected chi connectivity index (χ3v) is 2.68. The van der Waals surface area contributed by atoms with Crippen LogP contribution in [-0.2, 0) is 11.3 Å². The second-order valence-corrected chi connectivity index (χ2v) is 6.09. The highest BCUT2D eigenvalue weighted by atomic mass is 35.6. The Kier molecular flexibility index (Phi) is 4.81. The molecule has 0 unspecified atom stereocenters. The first kappa shape index (κ1) is 15.0. The molecule has 2 rings (SSSR count). The molecule has 0 aliphatic carbocycles. The number of alkyl halides is 3. The van der Waals surface area contributed by atoms with Crippen LogP contribution in [0, 0.1) is 0 Å². The van der Waals surface area contributed by atoms with Crippen molar-refractivity contribution < 1.29 is 14.1 Å². The summed E-state index contributed by atoms with van der Waals surface area (Å²) < 4.78 is 4.27. The Hall–Kier alpha value is -1.36. The number of ether oxygens (including phenoxy) is 1. The van der Waals surface area contributed by atoms with E-state index in [1.54, 1.807) is 17.0 Å². The van der Waals surface area contributed by atoms with Gasteiger partial charge in [0.1, 0.15) is 6.20 Å². The van der Waals surface area contributed by atoms with Crippen LogP contribution in [0.25, 0.3) is 0 Å². The summed E-state index contributed by atoms with van der Waals surface area (Å²) >= 11 is 16.3. The predicted octanol–water partition coefficient (Wildman–Crippen LogP) is 2.90. The van der Waals surface area contributed by atoms with Gasteiger partial charge in [-0.1, -0.05) is 30.3 Å². The number of esters is 1. The smallest absolute Gasteiger partial charge is 0.406 e. The van der Waals surface area contributed by atoms with Gasteiger partial charge in [-0.3, -0.25) is 4.98 Å². The van der Waals surface area contributed by atoms with E-state index < -0.39 is 9.95 Å². The van der Waals surface area contributed by atoms with Crippen LogP contribution >= 0.6 is 34.8 Å². The molecule has 0 saturated heterocycles. The molecule has 1 aromatic heterocycles. The van der Waals surface area contributed by atoms with Gasteiger partial charge in [0.05, 0.1) is 6.20 Å². The fourth-order valence-corrected chi connectivity index (χ4v) is 1.84. The summed E-state index contributed by atoms with van der Waals surface area (Å²) in [5.41, 5.74) is 1.22. The van der Waals surface area contributed by atoms with Crippen molar-refractivity contribution >= 4 is 40.8 Å². The summed E-state index contributed by atoms with van der Waals surface area (Å²) in [6.45, 7) is 0.480. The lowest BCUT2D eigenvalue weighted by Gasteiger charge is -2.10. The average Bonchev–Trinajstić information content (AvgIpc) is 2.38. The van der Waals surface area contributed by atoms with Gasteiger partial charge in [0, 0.05) is 5.56 Å². The van der Waals surface area contributed by atoms with Crippen molar-refractivity contribution in [2.45, 2.75) is 10.5 Å². The molecule has 0 bridgehead atoms.